The van der Waals surface area contributed by atoms with E-state index in [0.29, 0.717) is 67.6 Å². The maximum atomic E-state index is 10.6. The lowest BCUT2D eigenvalue weighted by Gasteiger charge is -2.18. The lowest BCUT2D eigenvalue weighted by Crippen LogP contribution is -2.27. The molecule has 63 heavy (non-hydrogen) atoms. The van der Waals surface area contributed by atoms with Crippen LogP contribution in [0.15, 0.2) is 20.6 Å². The minimum Gasteiger partial charge on any atom is -0.411 e. The predicted octanol–water partition coefficient (Wildman–Crippen LogP) is 4.55. The molecule has 7 aliphatic rings. The van der Waals surface area contributed by atoms with Crippen molar-refractivity contribution < 1.29 is 34.4 Å². The first-order chi connectivity index (χ1) is 30.2. The summed E-state index contributed by atoms with van der Waals surface area (Å²) in [5, 5.41) is 32.0. The fraction of sp³-hybridized carbons (Fsp3) is 0.867. The van der Waals surface area contributed by atoms with Gasteiger partial charge in [-0.15, -0.1) is 0 Å². The number of carbonyl (C=O) groups excluding carboxylic acids is 2. The second-order valence-electron chi connectivity index (χ2n) is 17.8. The van der Waals surface area contributed by atoms with Crippen molar-refractivity contribution in [3.8, 4) is 0 Å². The van der Waals surface area contributed by atoms with Crippen molar-refractivity contribution in [2.24, 2.45) is 60.8 Å². The second kappa shape index (κ2) is 36.2. The zero-order chi connectivity index (χ0) is 46.8. The van der Waals surface area contributed by atoms with Crippen LogP contribution in [0.2, 0.25) is 0 Å². The van der Waals surface area contributed by atoms with Crippen LogP contribution in [0.5, 0.6) is 0 Å². The molecule has 366 valence electrons. The summed E-state index contributed by atoms with van der Waals surface area (Å²) >= 11 is 0. The number of Topliss-reactive ketones (excluding diaryl/α,β-unsaturated/α-hetero) is 2. The van der Waals surface area contributed by atoms with Gasteiger partial charge in [0.2, 0.25) is 0 Å². The summed E-state index contributed by atoms with van der Waals surface area (Å²) in [5.41, 5.74) is 43.6. The molecule has 0 amide bonds. The average Bonchev–Trinajstić information content (AvgIpc) is 3.66. The third-order valence-corrected chi connectivity index (χ3v) is 11.9. The van der Waals surface area contributed by atoms with E-state index in [0.717, 1.165) is 171 Å². The summed E-state index contributed by atoms with van der Waals surface area (Å²) in [4.78, 5) is 35.4. The van der Waals surface area contributed by atoms with Crippen molar-refractivity contribution in [1.29, 1.82) is 0 Å². The Bertz CT molecular complexity index is 1260. The fourth-order valence-electron chi connectivity index (χ4n) is 7.69. The molecule has 7 saturated carbocycles. The van der Waals surface area contributed by atoms with Crippen molar-refractivity contribution in [3.05, 3.63) is 0 Å². The molecule has 0 saturated heterocycles. The van der Waals surface area contributed by atoms with E-state index < -0.39 is 0 Å². The Morgan fingerprint density at radius 1 is 0.476 bits per heavy atom. The monoisotopic (exact) mass is 896 g/mol. The van der Waals surface area contributed by atoms with Gasteiger partial charge in [0.25, 0.3) is 0 Å². The summed E-state index contributed by atoms with van der Waals surface area (Å²) in [7, 11) is 3.17. The minimum absolute atomic E-state index is 0.102. The molecule has 0 radical (unpaired) electrons. The summed E-state index contributed by atoms with van der Waals surface area (Å²) in [6.07, 6.45) is 25.3. The number of nitrogens with two attached hydrogens (primary N) is 7. The zero-order valence-corrected chi connectivity index (χ0v) is 39.2. The Morgan fingerprint density at radius 2 is 0.857 bits per heavy atom. The maximum Gasteiger partial charge on any atom is 0.134 e. The van der Waals surface area contributed by atoms with E-state index >= 15 is 0 Å². The Morgan fingerprint density at radius 3 is 1.11 bits per heavy atom. The molecule has 0 aromatic heterocycles. The standard InChI is InChI=1S/C8H16N2O.2C7H14N2O.C6H12N2O.2C6H11NO.C5H11NO/c1-2-11-10-8-5-3-7(9)4-6-8;2*1-10-9-7-4-2-6(8)3-5-7;7-5-1-3-6(8-9)4-2-5;7-5-1-3-6(8)4-2-5;7-5-2-1-3-6(8)4-5;6-4-1-2-5(7)3-4/h7H,2-6,9H2,1H3;2*6H,2-5,8H2,1H3;5,9H,1-4,7H2;2*5H,1-4,7H2;4-5,7H,1-3,6H2. The van der Waals surface area contributed by atoms with Gasteiger partial charge in [-0.05, 0) is 155 Å². The van der Waals surface area contributed by atoms with Crippen LogP contribution < -0.4 is 40.1 Å². The van der Waals surface area contributed by atoms with Crippen LogP contribution in [-0.2, 0) is 24.1 Å². The molecule has 0 aliphatic heterocycles. The number of hydrogen-bond donors (Lipinski definition) is 9. The van der Waals surface area contributed by atoms with Crippen LogP contribution in [0.1, 0.15) is 180 Å². The van der Waals surface area contributed by atoms with Crippen LogP contribution in [0, 0.1) is 0 Å². The highest BCUT2D eigenvalue weighted by atomic mass is 16.6. The Balaban J connectivity index is 0.000000369. The van der Waals surface area contributed by atoms with Gasteiger partial charge >= 0.3 is 0 Å². The summed E-state index contributed by atoms with van der Waals surface area (Å²) in [5.74, 6) is 0.718. The zero-order valence-electron chi connectivity index (χ0n) is 39.2. The van der Waals surface area contributed by atoms with Crippen molar-refractivity contribution in [3.63, 3.8) is 0 Å². The van der Waals surface area contributed by atoms with Gasteiger partial charge in [-0.2, -0.15) is 0 Å². The average molecular weight is 896 g/mol. The number of carbonyl (C=O) groups is 2. The number of aliphatic hydroxyl groups is 1. The number of hydrogen-bond acceptors (Lipinski definition) is 18. The van der Waals surface area contributed by atoms with Gasteiger partial charge in [0.05, 0.1) is 29.0 Å². The van der Waals surface area contributed by atoms with E-state index in [9.17, 15) is 9.59 Å². The van der Waals surface area contributed by atoms with Gasteiger partial charge in [0.1, 0.15) is 32.4 Å². The molecule has 0 aromatic rings. The highest BCUT2D eigenvalue weighted by Crippen LogP contribution is 2.18. The van der Waals surface area contributed by atoms with Crippen LogP contribution in [0.25, 0.3) is 0 Å². The van der Waals surface area contributed by atoms with Crippen molar-refractivity contribution in [2.75, 3.05) is 20.8 Å². The first-order valence-electron chi connectivity index (χ1n) is 23.7. The first-order valence-corrected chi connectivity index (χ1v) is 23.7. The molecule has 16 N–H and O–H groups in total. The van der Waals surface area contributed by atoms with Crippen LogP contribution in [0.3, 0.4) is 0 Å². The van der Waals surface area contributed by atoms with Gasteiger partial charge in [-0.25, -0.2) is 0 Å². The molecule has 0 heterocycles. The van der Waals surface area contributed by atoms with E-state index in [2.05, 4.69) is 30.3 Å². The largest absolute Gasteiger partial charge is 0.411 e. The fourth-order valence-corrected chi connectivity index (χ4v) is 7.69. The molecule has 18 heteroatoms. The number of oxime groups is 4. The molecular weight excluding hydrogens is 807 g/mol. The van der Waals surface area contributed by atoms with Crippen molar-refractivity contribution in [1.82, 2.24) is 0 Å². The van der Waals surface area contributed by atoms with E-state index in [4.69, 9.17) is 55.3 Å². The number of ketones is 2. The molecule has 0 bridgehead atoms. The van der Waals surface area contributed by atoms with Crippen LogP contribution in [-0.4, -0.2) is 114 Å². The summed E-state index contributed by atoms with van der Waals surface area (Å²) in [6, 6.07) is 2.22. The van der Waals surface area contributed by atoms with Gasteiger partial charge in [0.15, 0.2) is 0 Å². The molecule has 0 aromatic carbocycles. The topological polar surface area (TPSA) is 334 Å². The molecule has 3 unspecified atom stereocenters. The van der Waals surface area contributed by atoms with E-state index in [1.165, 1.54) is 5.71 Å². The molecule has 7 fully saturated rings. The Hall–Kier alpha value is -3.10. The minimum atomic E-state index is -0.102. The molecule has 7 aliphatic carbocycles. The summed E-state index contributed by atoms with van der Waals surface area (Å²) < 4.78 is 0. The third kappa shape index (κ3) is 31.4. The molecule has 0 spiro atoms. The Kier molecular flexibility index (Phi) is 33.2. The molecule has 7 rings (SSSR count). The summed E-state index contributed by atoms with van der Waals surface area (Å²) in [6.45, 7) is 2.61. The van der Waals surface area contributed by atoms with Gasteiger partial charge in [-0.1, -0.05) is 20.6 Å². The van der Waals surface area contributed by atoms with E-state index in [-0.39, 0.29) is 18.2 Å². The highest BCUT2D eigenvalue weighted by molar-refractivity contribution is 5.86. The second-order valence-corrected chi connectivity index (χ2v) is 17.8. The molecular formula is C45H89N11O7. The lowest BCUT2D eigenvalue weighted by molar-refractivity contribution is -0.121. The van der Waals surface area contributed by atoms with Crippen LogP contribution >= 0.6 is 0 Å². The van der Waals surface area contributed by atoms with Crippen LogP contribution in [0.4, 0.5) is 0 Å². The highest BCUT2D eigenvalue weighted by Gasteiger charge is 2.19. The van der Waals surface area contributed by atoms with E-state index in [1.807, 2.05) is 6.92 Å². The predicted molar refractivity (Wildman–Crippen MR) is 254 cm³/mol. The van der Waals surface area contributed by atoms with Crippen molar-refractivity contribution in [2.45, 2.75) is 229 Å². The number of nitrogens with zero attached hydrogens (tertiary/aromatic N) is 4. The SMILES string of the molecule is CCON=C1CCC(N)CC1.CON=C1CCC(N)CC1.CON=C1CCC(N)CC1.NC1CCC(=NO)CC1.NC1CCC(=O)CC1.NC1CCC(O)C1.NC1CCCC(=O)C1. The molecule has 18 nitrogen and oxygen atoms in total. The molecule has 3 atom stereocenters. The lowest BCUT2D eigenvalue weighted by atomic mass is 9.95. The first kappa shape index (κ1) is 57.9. The third-order valence-electron chi connectivity index (χ3n) is 11.9. The normalized spacial score (nSPS) is 28.3. The number of rotatable bonds is 4. The Labute approximate surface area is 378 Å². The quantitative estimate of drug-likeness (QED) is 0.138. The number of aliphatic hydroxyl groups excluding tert-OH is 1. The van der Waals surface area contributed by atoms with Crippen molar-refractivity contribution >= 4 is 34.4 Å². The maximum absolute atomic E-state index is 10.6. The van der Waals surface area contributed by atoms with Gasteiger partial charge < -0.3 is 65.0 Å². The van der Waals surface area contributed by atoms with Gasteiger partial charge in [-0.3, -0.25) is 9.59 Å². The smallest absolute Gasteiger partial charge is 0.134 e. The van der Waals surface area contributed by atoms with E-state index in [1.54, 1.807) is 14.2 Å². The van der Waals surface area contributed by atoms with Gasteiger partial charge in [0, 0.05) is 68.0 Å².